The lowest BCUT2D eigenvalue weighted by molar-refractivity contribution is -0.117. The lowest BCUT2D eigenvalue weighted by Gasteiger charge is -2.29. The SMILES string of the molecule is CCCCCCCCC(C=O)C(O)(CCl)CCl. The first-order valence-corrected chi connectivity index (χ1v) is 7.51. The molecule has 0 amide bonds. The number of alkyl halides is 2. The minimum atomic E-state index is -1.24. The molecule has 17 heavy (non-hydrogen) atoms. The third kappa shape index (κ3) is 6.64. The van der Waals surface area contributed by atoms with Crippen LogP contribution in [0.4, 0.5) is 0 Å². The Kier molecular flexibility index (Phi) is 10.3. The number of rotatable bonds is 11. The van der Waals surface area contributed by atoms with Crippen LogP contribution in [0.2, 0.25) is 0 Å². The number of aliphatic hydroxyl groups is 1. The van der Waals surface area contributed by atoms with Crippen molar-refractivity contribution in [1.29, 1.82) is 0 Å². The molecule has 0 spiro atoms. The normalized spacial score (nSPS) is 13.6. The molecule has 102 valence electrons. The van der Waals surface area contributed by atoms with Gasteiger partial charge in [0.25, 0.3) is 0 Å². The first-order valence-electron chi connectivity index (χ1n) is 6.44. The van der Waals surface area contributed by atoms with Gasteiger partial charge in [-0.3, -0.25) is 0 Å². The van der Waals surface area contributed by atoms with Crippen LogP contribution >= 0.6 is 23.2 Å². The molecule has 0 fully saturated rings. The third-order valence-electron chi connectivity index (χ3n) is 3.19. The molecule has 1 N–H and O–H groups in total. The molecule has 0 rings (SSSR count). The summed E-state index contributed by atoms with van der Waals surface area (Å²) in [6.07, 6.45) is 8.45. The number of carbonyl (C=O) groups is 1. The molecule has 0 aromatic carbocycles. The predicted octanol–water partition coefficient (Wildman–Crippen LogP) is 3.76. The first-order chi connectivity index (χ1) is 8.14. The van der Waals surface area contributed by atoms with E-state index in [1.165, 1.54) is 25.7 Å². The fourth-order valence-electron chi connectivity index (χ4n) is 1.84. The standard InChI is InChI=1S/C13H24Cl2O2/c1-2-3-4-5-6-7-8-12(9-16)13(17,10-14)11-15/h9,12,17H,2-8,10-11H2,1H3. The second-order valence-corrected chi connectivity index (χ2v) is 5.20. The maximum absolute atomic E-state index is 11.0. The highest BCUT2D eigenvalue weighted by Crippen LogP contribution is 2.25. The number of halogens is 2. The number of unbranched alkanes of at least 4 members (excludes halogenated alkanes) is 5. The molecule has 1 atom stereocenters. The summed E-state index contributed by atoms with van der Waals surface area (Å²) in [6.45, 7) is 2.18. The summed E-state index contributed by atoms with van der Waals surface area (Å²) in [6, 6.07) is 0. The van der Waals surface area contributed by atoms with Crippen LogP contribution in [0.3, 0.4) is 0 Å². The number of hydrogen-bond donors (Lipinski definition) is 1. The monoisotopic (exact) mass is 282 g/mol. The minimum absolute atomic E-state index is 0.00966. The van der Waals surface area contributed by atoms with Crippen molar-refractivity contribution in [2.45, 2.75) is 57.5 Å². The van der Waals surface area contributed by atoms with E-state index in [2.05, 4.69) is 6.92 Å². The van der Waals surface area contributed by atoms with Crippen molar-refractivity contribution in [1.82, 2.24) is 0 Å². The van der Waals surface area contributed by atoms with Gasteiger partial charge in [0.1, 0.15) is 11.9 Å². The number of aldehydes is 1. The van der Waals surface area contributed by atoms with E-state index in [0.717, 1.165) is 19.1 Å². The second kappa shape index (κ2) is 10.2. The molecule has 1 unspecified atom stereocenters. The molecule has 0 saturated heterocycles. The maximum Gasteiger partial charge on any atom is 0.126 e. The maximum atomic E-state index is 11.0. The summed E-state index contributed by atoms with van der Waals surface area (Å²) in [5, 5.41) is 10.0. The molecule has 0 aromatic rings. The fraction of sp³-hybridized carbons (Fsp3) is 0.923. The molecule has 0 aromatic heterocycles. The minimum Gasteiger partial charge on any atom is -0.387 e. The summed E-state index contributed by atoms with van der Waals surface area (Å²) in [5.74, 6) is -0.422. The first kappa shape index (κ1) is 17.2. The van der Waals surface area contributed by atoms with Crippen molar-refractivity contribution in [3.63, 3.8) is 0 Å². The lowest BCUT2D eigenvalue weighted by Crippen LogP contribution is -2.42. The zero-order valence-corrected chi connectivity index (χ0v) is 12.1. The smallest absolute Gasteiger partial charge is 0.126 e. The van der Waals surface area contributed by atoms with Gasteiger partial charge in [0.15, 0.2) is 0 Å². The molecule has 0 heterocycles. The molecule has 0 aliphatic carbocycles. The van der Waals surface area contributed by atoms with Crippen LogP contribution in [0.25, 0.3) is 0 Å². The molecule has 0 bridgehead atoms. The largest absolute Gasteiger partial charge is 0.387 e. The van der Waals surface area contributed by atoms with Gasteiger partial charge < -0.3 is 9.90 Å². The molecule has 0 radical (unpaired) electrons. The van der Waals surface area contributed by atoms with Crippen molar-refractivity contribution < 1.29 is 9.90 Å². The Morgan fingerprint density at radius 2 is 1.65 bits per heavy atom. The predicted molar refractivity (Wildman–Crippen MR) is 73.9 cm³/mol. The average molecular weight is 283 g/mol. The Morgan fingerprint density at radius 3 is 2.12 bits per heavy atom. The summed E-state index contributed by atoms with van der Waals surface area (Å²) in [5.41, 5.74) is -1.24. The number of carbonyl (C=O) groups excluding carboxylic acids is 1. The molecular weight excluding hydrogens is 259 g/mol. The quantitative estimate of drug-likeness (QED) is 0.356. The highest BCUT2D eigenvalue weighted by molar-refractivity contribution is 6.22. The average Bonchev–Trinajstić information content (AvgIpc) is 2.37. The highest BCUT2D eigenvalue weighted by atomic mass is 35.5. The molecule has 0 aliphatic heterocycles. The Morgan fingerprint density at radius 1 is 1.12 bits per heavy atom. The van der Waals surface area contributed by atoms with E-state index in [1.807, 2.05) is 0 Å². The van der Waals surface area contributed by atoms with Gasteiger partial charge >= 0.3 is 0 Å². The van der Waals surface area contributed by atoms with Crippen LogP contribution in [0.5, 0.6) is 0 Å². The van der Waals surface area contributed by atoms with Crippen molar-refractivity contribution >= 4 is 29.5 Å². The lowest BCUT2D eigenvalue weighted by atomic mass is 9.87. The number of hydrogen-bond acceptors (Lipinski definition) is 2. The Balaban J connectivity index is 3.86. The van der Waals surface area contributed by atoms with E-state index in [-0.39, 0.29) is 11.8 Å². The Bertz CT molecular complexity index is 194. The molecule has 4 heteroatoms. The highest BCUT2D eigenvalue weighted by Gasteiger charge is 2.34. The van der Waals surface area contributed by atoms with E-state index in [4.69, 9.17) is 23.2 Å². The Hall–Kier alpha value is 0.210. The van der Waals surface area contributed by atoms with Crippen LogP contribution in [0.1, 0.15) is 51.9 Å². The van der Waals surface area contributed by atoms with E-state index in [1.54, 1.807) is 0 Å². The summed E-state index contributed by atoms with van der Waals surface area (Å²) >= 11 is 11.3. The fourth-order valence-corrected chi connectivity index (χ4v) is 2.52. The van der Waals surface area contributed by atoms with Crippen LogP contribution < -0.4 is 0 Å². The van der Waals surface area contributed by atoms with Crippen molar-refractivity contribution in [2.75, 3.05) is 11.8 Å². The zero-order valence-electron chi connectivity index (χ0n) is 10.6. The van der Waals surface area contributed by atoms with Gasteiger partial charge in [-0.25, -0.2) is 0 Å². The summed E-state index contributed by atoms with van der Waals surface area (Å²) < 4.78 is 0. The van der Waals surface area contributed by atoms with Gasteiger partial charge in [-0.2, -0.15) is 0 Å². The van der Waals surface area contributed by atoms with Gasteiger partial charge in [0, 0.05) is 5.92 Å². The topological polar surface area (TPSA) is 37.3 Å². The molecular formula is C13H24Cl2O2. The van der Waals surface area contributed by atoms with Crippen molar-refractivity contribution in [3.8, 4) is 0 Å². The molecule has 0 saturated carbocycles. The van der Waals surface area contributed by atoms with Gasteiger partial charge in [0.2, 0.25) is 0 Å². The van der Waals surface area contributed by atoms with Crippen LogP contribution in [0, 0.1) is 5.92 Å². The zero-order chi connectivity index (χ0) is 13.1. The van der Waals surface area contributed by atoms with Gasteiger partial charge in [-0.05, 0) is 6.42 Å². The van der Waals surface area contributed by atoms with Crippen LogP contribution in [0.15, 0.2) is 0 Å². The summed E-state index contributed by atoms with van der Waals surface area (Å²) in [7, 11) is 0. The van der Waals surface area contributed by atoms with Gasteiger partial charge in [-0.1, -0.05) is 45.4 Å². The molecule has 2 nitrogen and oxygen atoms in total. The Labute approximate surface area is 115 Å². The van der Waals surface area contributed by atoms with E-state index in [9.17, 15) is 9.90 Å². The van der Waals surface area contributed by atoms with Gasteiger partial charge in [-0.15, -0.1) is 23.2 Å². The van der Waals surface area contributed by atoms with E-state index >= 15 is 0 Å². The third-order valence-corrected chi connectivity index (χ3v) is 4.11. The van der Waals surface area contributed by atoms with Crippen molar-refractivity contribution in [3.05, 3.63) is 0 Å². The van der Waals surface area contributed by atoms with Crippen molar-refractivity contribution in [2.24, 2.45) is 5.92 Å². The van der Waals surface area contributed by atoms with Gasteiger partial charge in [0.05, 0.1) is 11.8 Å². The second-order valence-electron chi connectivity index (χ2n) is 4.67. The van der Waals surface area contributed by atoms with E-state index < -0.39 is 11.5 Å². The molecule has 0 aliphatic rings. The summed E-state index contributed by atoms with van der Waals surface area (Å²) in [4.78, 5) is 11.0. The van der Waals surface area contributed by atoms with Crippen LogP contribution in [-0.2, 0) is 4.79 Å². The van der Waals surface area contributed by atoms with E-state index in [0.29, 0.717) is 6.42 Å². The van der Waals surface area contributed by atoms with Crippen LogP contribution in [-0.4, -0.2) is 28.8 Å².